The molecule has 13 rings (SSSR count). The molecule has 4 amide bonds. The summed E-state index contributed by atoms with van der Waals surface area (Å²) in [5, 5.41) is 53.7. The van der Waals surface area contributed by atoms with E-state index in [0.29, 0.717) is 148 Å². The van der Waals surface area contributed by atoms with Gasteiger partial charge in [-0.15, -0.1) is 0 Å². The monoisotopic (exact) mass is 1430 g/mol. The molecule has 7 aliphatic rings. The average molecular weight is 1430 g/mol. The van der Waals surface area contributed by atoms with E-state index in [1.54, 1.807) is 35.4 Å². The SMILES string of the molecule is CCC[C@@H](COCCSO)N(C=O)CC(=O)NCCCCc1ccc(COC(=O)N2CCOC34CC5(C)CC(Cn6ncc(-c7ccc(N8CCc9cccc(C(=O)Nc%10nc%11ccccc%11s%10)c9C8)nc7C(=O)O)c6C)(C3)CC(C5)(C4)OC(CO)CC2)c(OC2CC(O)CC(C(=O)O)O2)c1. The van der Waals surface area contributed by atoms with Crippen LogP contribution in [0.25, 0.3) is 21.3 Å². The molecular formula is C73H91N9O17S2. The molecule has 3 aliphatic heterocycles. The number of carboxylic acid groups (broad SMARTS) is 2. The summed E-state index contributed by atoms with van der Waals surface area (Å²) >= 11 is 2.08. The van der Waals surface area contributed by atoms with Crippen LogP contribution in [0.15, 0.2) is 79.0 Å². The molecule has 6 heterocycles. The molecule has 8 unspecified atom stereocenters. The second kappa shape index (κ2) is 31.8. The van der Waals surface area contributed by atoms with E-state index in [4.69, 9.17) is 43.1 Å². The number of rotatable bonds is 29. The number of hydrogen-bond acceptors (Lipinski definition) is 21. The quantitative estimate of drug-likeness (QED) is 0.0131. The van der Waals surface area contributed by atoms with Crippen LogP contribution >= 0.6 is 23.4 Å². The number of anilines is 2. The Hall–Kier alpha value is -7.80. The largest absolute Gasteiger partial charge is 0.479 e. The fourth-order valence-corrected chi connectivity index (χ4v) is 18.0. The van der Waals surface area contributed by atoms with Crippen molar-refractivity contribution in [2.75, 3.05) is 75.1 Å². The van der Waals surface area contributed by atoms with Crippen molar-refractivity contribution >= 4 is 80.8 Å². The number of hydrogen-bond donors (Lipinski definition) is 7. The molecule has 4 saturated carbocycles. The van der Waals surface area contributed by atoms with Gasteiger partial charge in [-0.1, -0.05) is 68.0 Å². The van der Waals surface area contributed by atoms with Crippen molar-refractivity contribution < 1.29 is 82.2 Å². The van der Waals surface area contributed by atoms with Gasteiger partial charge in [-0.05, 0) is 154 Å². The number of nitrogens with zero attached hydrogens (tertiary/aromatic N) is 7. The summed E-state index contributed by atoms with van der Waals surface area (Å²) in [6.45, 7) is 8.44. The smallest absolute Gasteiger partial charge is 0.410 e. The van der Waals surface area contributed by atoms with Gasteiger partial charge in [0.25, 0.3) is 5.91 Å². The summed E-state index contributed by atoms with van der Waals surface area (Å²) in [5.41, 5.74) is 4.33. The number of ether oxygens (including phenoxy) is 6. The third-order valence-corrected chi connectivity index (χ3v) is 22.0. The molecule has 4 aliphatic carbocycles. The number of carboxylic acids is 2. The highest BCUT2D eigenvalue weighted by molar-refractivity contribution is 7.93. The number of nitrogens with one attached hydrogen (secondary N) is 2. The summed E-state index contributed by atoms with van der Waals surface area (Å²) in [6, 6.07) is 22.2. The summed E-state index contributed by atoms with van der Waals surface area (Å²) in [7, 11) is 0. The molecule has 2 saturated heterocycles. The van der Waals surface area contributed by atoms with Gasteiger partial charge < -0.3 is 73.4 Å². The van der Waals surface area contributed by atoms with E-state index in [9.17, 15) is 49.2 Å². The van der Waals surface area contributed by atoms with Gasteiger partial charge in [-0.2, -0.15) is 5.10 Å². The number of carbonyl (C=O) groups is 6. The Labute approximate surface area is 594 Å². The highest BCUT2D eigenvalue weighted by atomic mass is 32.2. The van der Waals surface area contributed by atoms with Crippen LogP contribution < -0.4 is 20.3 Å². The first-order valence-corrected chi connectivity index (χ1v) is 36.8. The number of fused-ring (bicyclic) bond motifs is 2. The molecule has 9 atom stereocenters. The van der Waals surface area contributed by atoms with Crippen LogP contribution in [-0.2, 0) is 70.6 Å². The first-order chi connectivity index (χ1) is 48.7. The Balaban J connectivity index is 0.697. The Kier molecular flexibility index (Phi) is 23.0. The molecule has 2 spiro atoms. The minimum absolute atomic E-state index is 0.00124. The van der Waals surface area contributed by atoms with Gasteiger partial charge in [0.1, 0.15) is 18.2 Å². The number of benzene rings is 3. The van der Waals surface area contributed by atoms with E-state index in [2.05, 4.69) is 22.5 Å². The van der Waals surface area contributed by atoms with Crippen molar-refractivity contribution in [3.63, 3.8) is 0 Å². The van der Waals surface area contributed by atoms with Crippen molar-refractivity contribution in [2.45, 2.75) is 179 Å². The lowest BCUT2D eigenvalue weighted by molar-refractivity contribution is -0.296. The van der Waals surface area contributed by atoms with Crippen LogP contribution in [0, 0.1) is 17.8 Å². The average Bonchev–Trinajstić information content (AvgIpc) is 1.05. The van der Waals surface area contributed by atoms with E-state index < -0.39 is 53.8 Å². The number of aliphatic carboxylic acids is 1. The summed E-state index contributed by atoms with van der Waals surface area (Å²) in [4.78, 5) is 93.0. The first kappa shape index (κ1) is 73.0. The van der Waals surface area contributed by atoms with E-state index >= 15 is 0 Å². The second-order valence-electron chi connectivity index (χ2n) is 28.6. The van der Waals surface area contributed by atoms with Gasteiger partial charge in [0.2, 0.25) is 18.6 Å². The molecule has 0 radical (unpaired) electrons. The second-order valence-corrected chi connectivity index (χ2v) is 30.3. The normalized spacial score (nSPS) is 25.0. The van der Waals surface area contributed by atoms with Gasteiger partial charge in [0.15, 0.2) is 16.9 Å². The van der Waals surface area contributed by atoms with Crippen LogP contribution in [0.4, 0.5) is 15.7 Å². The number of aromatic nitrogens is 4. The van der Waals surface area contributed by atoms with Crippen LogP contribution in [0.2, 0.25) is 0 Å². The van der Waals surface area contributed by atoms with Gasteiger partial charge in [0.05, 0.1) is 78.8 Å². The van der Waals surface area contributed by atoms with E-state index in [-0.39, 0.29) is 99.0 Å². The summed E-state index contributed by atoms with van der Waals surface area (Å²) in [5.74, 6) is -1.86. The Morgan fingerprint density at radius 3 is 2.56 bits per heavy atom. The maximum atomic E-state index is 14.4. The molecule has 28 heteroatoms. The number of carbonyl (C=O) groups excluding carboxylic acids is 4. The zero-order chi connectivity index (χ0) is 71.1. The fraction of sp³-hybridized carbons (Fsp3) is 0.548. The van der Waals surface area contributed by atoms with Gasteiger partial charge in [-0.25, -0.2) is 24.4 Å². The lowest BCUT2D eigenvalue weighted by Gasteiger charge is -2.69. The molecule has 3 aromatic heterocycles. The fourth-order valence-electron chi connectivity index (χ4n) is 17.0. The molecule has 7 N–H and O–H groups in total. The summed E-state index contributed by atoms with van der Waals surface area (Å²) in [6.07, 6.45) is 6.07. The van der Waals surface area contributed by atoms with Crippen molar-refractivity contribution in [3.8, 4) is 16.9 Å². The molecule has 6 aromatic rings. The Morgan fingerprint density at radius 2 is 1.77 bits per heavy atom. The van der Waals surface area contributed by atoms with Crippen LogP contribution in [0.1, 0.15) is 146 Å². The zero-order valence-corrected chi connectivity index (χ0v) is 59.0. The molecule has 3 aromatic carbocycles. The lowest BCUT2D eigenvalue weighted by Crippen LogP contribution is -2.69. The van der Waals surface area contributed by atoms with Crippen molar-refractivity contribution in [2.24, 2.45) is 10.8 Å². The summed E-state index contributed by atoms with van der Waals surface area (Å²) < 4.78 is 50.1. The number of pyridine rings is 1. The third kappa shape index (κ3) is 17.1. The first-order valence-electron chi connectivity index (χ1n) is 35.0. The van der Waals surface area contributed by atoms with E-state index in [1.807, 2.05) is 72.0 Å². The van der Waals surface area contributed by atoms with Crippen LogP contribution in [0.3, 0.4) is 0 Å². The number of unbranched alkanes of at least 4 members (excludes halogenated alkanes) is 1. The minimum atomic E-state index is -1.30. The van der Waals surface area contributed by atoms with Gasteiger partial charge in [-0.3, -0.25) is 24.4 Å². The van der Waals surface area contributed by atoms with Crippen molar-refractivity contribution in [3.05, 3.63) is 118 Å². The van der Waals surface area contributed by atoms with Crippen molar-refractivity contribution in [1.82, 2.24) is 34.9 Å². The number of aliphatic hydroxyl groups is 2. The number of para-hydroxylation sites is 1. The molecule has 4 bridgehead atoms. The van der Waals surface area contributed by atoms with Gasteiger partial charge in [0, 0.05) is 92.2 Å². The standard InChI is InChI=1S/C73H91N9O17S2/c1-4-10-50(37-94-27-28-100-93)81(45-84)34-62(86)74-22-8-7-11-47-16-17-49(58(29-47)97-63-31-51(85)30-59(98-63)66(88)89)36-95-69(92)79-24-21-52(35-83)99-73-40-70(3)38-71(42-73,41-72(39-70,43-73)96-26-25-79)44-82-46(2)55(32-75-82)53-18-19-61(77-64(53)67(90)91)80-23-20-48-12-9-13-54(56(48)33-80)65(87)78-68-76-57-14-5-6-15-60(57)101-68/h5-6,9,12-19,29,32,45,50-52,59,63,83,85,93H,4,7-8,10-11,20-28,30-31,33-44H2,1-3H3,(H,74,86)(H,88,89)(H,90,91)(H,76,78,87)/t50-,51?,52?,59?,63?,70?,71?,72?,73?/m0/s1. The molecule has 6 fully saturated rings. The maximum Gasteiger partial charge on any atom is 0.410 e. The van der Waals surface area contributed by atoms with E-state index in [1.165, 1.54) is 16.2 Å². The highest BCUT2D eigenvalue weighted by Crippen LogP contribution is 2.70. The molecule has 26 nitrogen and oxygen atoms in total. The minimum Gasteiger partial charge on any atom is -0.479 e. The maximum absolute atomic E-state index is 14.4. The highest BCUT2D eigenvalue weighted by Gasteiger charge is 2.69. The Bertz CT molecular complexity index is 3960. The molecular weight excluding hydrogens is 1340 g/mol. The predicted octanol–water partition coefficient (Wildman–Crippen LogP) is 9.28. The number of amides is 4. The zero-order valence-electron chi connectivity index (χ0n) is 57.4. The Morgan fingerprint density at radius 1 is 0.941 bits per heavy atom. The van der Waals surface area contributed by atoms with Crippen molar-refractivity contribution in [1.29, 1.82) is 0 Å². The number of aliphatic hydroxyl groups excluding tert-OH is 2. The lowest BCUT2D eigenvalue weighted by atomic mass is 9.41. The number of aromatic carboxylic acids is 1. The number of thiazole rings is 1. The van der Waals surface area contributed by atoms with Crippen LogP contribution in [0.5, 0.6) is 5.75 Å². The molecule has 542 valence electrons. The number of aryl methyl sites for hydroxylation is 1. The third-order valence-electron chi connectivity index (χ3n) is 20.7. The molecule has 101 heavy (non-hydrogen) atoms. The predicted molar refractivity (Wildman–Crippen MR) is 376 cm³/mol. The van der Waals surface area contributed by atoms with Gasteiger partial charge >= 0.3 is 18.0 Å². The van der Waals surface area contributed by atoms with Crippen LogP contribution in [-0.4, -0.2) is 198 Å². The van der Waals surface area contributed by atoms with E-state index in [0.717, 1.165) is 58.3 Å². The topological polar surface area (TPSA) is 336 Å².